The first-order valence-corrected chi connectivity index (χ1v) is 7.18. The number of halogens is 1. The van der Waals surface area contributed by atoms with Gasteiger partial charge in [-0.05, 0) is 35.0 Å². The van der Waals surface area contributed by atoms with E-state index in [1.807, 2.05) is 0 Å². The fourth-order valence-corrected chi connectivity index (χ4v) is 2.24. The summed E-state index contributed by atoms with van der Waals surface area (Å²) in [6.45, 7) is 5.38. The van der Waals surface area contributed by atoms with Crippen molar-refractivity contribution in [3.05, 3.63) is 22.3 Å². The Balaban J connectivity index is 2.02. The number of nitrogens with zero attached hydrogens (tertiary/aromatic N) is 1. The number of hydrogen-bond donors (Lipinski definition) is 1. The van der Waals surface area contributed by atoms with Crippen LogP contribution in [0.3, 0.4) is 0 Å². The molecule has 1 atom stereocenters. The van der Waals surface area contributed by atoms with Crippen molar-refractivity contribution in [3.8, 4) is 5.88 Å². The van der Waals surface area contributed by atoms with Gasteiger partial charge in [0, 0.05) is 29.2 Å². The van der Waals surface area contributed by atoms with Gasteiger partial charge < -0.3 is 14.8 Å². The van der Waals surface area contributed by atoms with E-state index in [-0.39, 0.29) is 6.10 Å². The Labute approximate surface area is 116 Å². The minimum atomic E-state index is 0.142. The lowest BCUT2D eigenvalue weighted by atomic mass is 10.2. The molecule has 0 saturated carbocycles. The maximum absolute atomic E-state index is 5.90. The molecule has 0 amide bonds. The molecule has 1 fully saturated rings. The van der Waals surface area contributed by atoms with Crippen molar-refractivity contribution in [1.82, 2.24) is 10.3 Å². The molecular formula is C13H19BrN2O2. The second kappa shape index (κ2) is 7.07. The molecule has 18 heavy (non-hydrogen) atoms. The Hall–Kier alpha value is -0.650. The van der Waals surface area contributed by atoms with E-state index < -0.39 is 0 Å². The molecule has 1 unspecified atom stereocenters. The van der Waals surface area contributed by atoms with Gasteiger partial charge >= 0.3 is 0 Å². The molecule has 100 valence electrons. The maximum atomic E-state index is 5.90. The lowest BCUT2D eigenvalue weighted by molar-refractivity contribution is 0.137. The fraction of sp³-hybridized carbons (Fsp3) is 0.615. The summed E-state index contributed by atoms with van der Waals surface area (Å²) in [4.78, 5) is 4.36. The Kier molecular flexibility index (Phi) is 5.41. The zero-order valence-electron chi connectivity index (χ0n) is 10.6. The zero-order chi connectivity index (χ0) is 12.8. The molecule has 0 bridgehead atoms. The highest BCUT2D eigenvalue weighted by molar-refractivity contribution is 9.10. The maximum Gasteiger partial charge on any atom is 0.218 e. The van der Waals surface area contributed by atoms with Gasteiger partial charge in [-0.2, -0.15) is 0 Å². The van der Waals surface area contributed by atoms with Crippen LogP contribution in [-0.2, 0) is 11.3 Å². The molecule has 4 nitrogen and oxygen atoms in total. The van der Waals surface area contributed by atoms with Gasteiger partial charge in [0.2, 0.25) is 5.88 Å². The van der Waals surface area contributed by atoms with Crippen molar-refractivity contribution < 1.29 is 9.47 Å². The average Bonchev–Trinajstić information content (AvgIpc) is 2.86. The van der Waals surface area contributed by atoms with Crippen LogP contribution in [0.2, 0.25) is 0 Å². The van der Waals surface area contributed by atoms with Gasteiger partial charge in [0.1, 0.15) is 6.10 Å². The molecule has 0 radical (unpaired) electrons. The quantitative estimate of drug-likeness (QED) is 0.819. The van der Waals surface area contributed by atoms with Crippen molar-refractivity contribution in [2.45, 2.75) is 32.4 Å². The van der Waals surface area contributed by atoms with E-state index in [4.69, 9.17) is 9.47 Å². The van der Waals surface area contributed by atoms with Gasteiger partial charge in [-0.15, -0.1) is 0 Å². The molecular weight excluding hydrogens is 296 g/mol. The SMILES string of the molecule is CCCNCc1cc(Br)cnc1OC1CCOC1. The summed E-state index contributed by atoms with van der Waals surface area (Å²) in [6, 6.07) is 2.06. The van der Waals surface area contributed by atoms with Crippen LogP contribution < -0.4 is 10.1 Å². The molecule has 1 N–H and O–H groups in total. The third-order valence-corrected chi connectivity index (χ3v) is 3.23. The van der Waals surface area contributed by atoms with Crippen molar-refractivity contribution in [2.75, 3.05) is 19.8 Å². The number of pyridine rings is 1. The Morgan fingerprint density at radius 3 is 3.22 bits per heavy atom. The average molecular weight is 315 g/mol. The minimum absolute atomic E-state index is 0.142. The van der Waals surface area contributed by atoms with Crippen molar-refractivity contribution in [3.63, 3.8) is 0 Å². The lowest BCUT2D eigenvalue weighted by Gasteiger charge is -2.15. The molecule has 1 aliphatic rings. The standard InChI is InChI=1S/C13H19BrN2O2/c1-2-4-15-7-10-6-11(14)8-16-13(10)18-12-3-5-17-9-12/h6,8,12,15H,2-5,7,9H2,1H3. The molecule has 2 heterocycles. The monoisotopic (exact) mass is 314 g/mol. The molecule has 1 aromatic rings. The second-order valence-corrected chi connectivity index (χ2v) is 5.31. The van der Waals surface area contributed by atoms with Crippen LogP contribution in [0.25, 0.3) is 0 Å². The van der Waals surface area contributed by atoms with Gasteiger partial charge in [0.25, 0.3) is 0 Å². The van der Waals surface area contributed by atoms with Crippen molar-refractivity contribution in [1.29, 1.82) is 0 Å². The van der Waals surface area contributed by atoms with E-state index in [0.717, 1.165) is 48.5 Å². The summed E-state index contributed by atoms with van der Waals surface area (Å²) >= 11 is 3.45. The highest BCUT2D eigenvalue weighted by Crippen LogP contribution is 2.22. The number of ether oxygens (including phenoxy) is 2. The van der Waals surface area contributed by atoms with E-state index in [1.165, 1.54) is 0 Å². The Morgan fingerprint density at radius 1 is 1.61 bits per heavy atom. The highest BCUT2D eigenvalue weighted by Gasteiger charge is 2.19. The molecule has 2 rings (SSSR count). The number of nitrogens with one attached hydrogen (secondary N) is 1. The molecule has 1 aromatic heterocycles. The van der Waals surface area contributed by atoms with Gasteiger partial charge in [-0.3, -0.25) is 0 Å². The van der Waals surface area contributed by atoms with Crippen molar-refractivity contribution in [2.24, 2.45) is 0 Å². The van der Waals surface area contributed by atoms with Gasteiger partial charge in [0.15, 0.2) is 0 Å². The smallest absolute Gasteiger partial charge is 0.218 e. The van der Waals surface area contributed by atoms with Gasteiger partial charge in [-0.1, -0.05) is 6.92 Å². The first-order valence-electron chi connectivity index (χ1n) is 6.39. The van der Waals surface area contributed by atoms with Crippen LogP contribution in [0, 0.1) is 0 Å². The lowest BCUT2D eigenvalue weighted by Crippen LogP contribution is -2.20. The van der Waals surface area contributed by atoms with Crippen LogP contribution >= 0.6 is 15.9 Å². The molecule has 5 heteroatoms. The summed E-state index contributed by atoms with van der Waals surface area (Å²) in [5, 5.41) is 3.37. The minimum Gasteiger partial charge on any atom is -0.472 e. The normalized spacial score (nSPS) is 19.1. The Morgan fingerprint density at radius 2 is 2.50 bits per heavy atom. The van der Waals surface area contributed by atoms with Crippen LogP contribution in [0.1, 0.15) is 25.3 Å². The number of rotatable bonds is 6. The van der Waals surface area contributed by atoms with E-state index in [0.29, 0.717) is 6.61 Å². The summed E-state index contributed by atoms with van der Waals surface area (Å²) in [5.74, 6) is 0.720. The molecule has 0 aliphatic carbocycles. The predicted molar refractivity (Wildman–Crippen MR) is 73.8 cm³/mol. The zero-order valence-corrected chi connectivity index (χ0v) is 12.2. The largest absolute Gasteiger partial charge is 0.472 e. The first-order chi connectivity index (χ1) is 8.79. The van der Waals surface area contributed by atoms with Gasteiger partial charge in [-0.25, -0.2) is 4.98 Å². The predicted octanol–water partition coefficient (Wildman–Crippen LogP) is 2.51. The third-order valence-electron chi connectivity index (χ3n) is 2.80. The topological polar surface area (TPSA) is 43.4 Å². The fourth-order valence-electron chi connectivity index (χ4n) is 1.86. The number of hydrogen-bond acceptors (Lipinski definition) is 4. The molecule has 0 aromatic carbocycles. The van der Waals surface area contributed by atoms with Crippen LogP contribution in [0.4, 0.5) is 0 Å². The van der Waals surface area contributed by atoms with Crippen LogP contribution in [-0.4, -0.2) is 30.8 Å². The van der Waals surface area contributed by atoms with Crippen LogP contribution in [0.5, 0.6) is 5.88 Å². The first kappa shape index (κ1) is 13.8. The summed E-state index contributed by atoms with van der Waals surface area (Å²) in [6.07, 6.45) is 3.98. The second-order valence-electron chi connectivity index (χ2n) is 4.40. The highest BCUT2D eigenvalue weighted by atomic mass is 79.9. The van der Waals surface area contributed by atoms with E-state index >= 15 is 0 Å². The van der Waals surface area contributed by atoms with E-state index in [1.54, 1.807) is 6.20 Å². The van der Waals surface area contributed by atoms with Crippen LogP contribution in [0.15, 0.2) is 16.7 Å². The number of aromatic nitrogens is 1. The summed E-state index contributed by atoms with van der Waals surface area (Å²) < 4.78 is 12.2. The third kappa shape index (κ3) is 3.93. The van der Waals surface area contributed by atoms with Gasteiger partial charge in [0.05, 0.1) is 13.2 Å². The Bertz CT molecular complexity index is 381. The molecule has 1 saturated heterocycles. The summed E-state index contributed by atoms with van der Waals surface area (Å²) in [5.41, 5.74) is 1.09. The molecule has 0 spiro atoms. The van der Waals surface area contributed by atoms with E-state index in [2.05, 4.69) is 39.2 Å². The van der Waals surface area contributed by atoms with Crippen molar-refractivity contribution >= 4 is 15.9 Å². The van der Waals surface area contributed by atoms with E-state index in [9.17, 15) is 0 Å². The molecule has 1 aliphatic heterocycles. The summed E-state index contributed by atoms with van der Waals surface area (Å²) in [7, 11) is 0.